The van der Waals surface area contributed by atoms with E-state index in [-0.39, 0.29) is 5.82 Å². The summed E-state index contributed by atoms with van der Waals surface area (Å²) in [7, 11) is 7.98. The van der Waals surface area contributed by atoms with Crippen LogP contribution in [0.15, 0.2) is 42.5 Å². The molecule has 130 valence electrons. The van der Waals surface area contributed by atoms with Gasteiger partial charge in [-0.2, -0.15) is 0 Å². The van der Waals surface area contributed by atoms with Gasteiger partial charge in [0.15, 0.2) is 0 Å². The van der Waals surface area contributed by atoms with E-state index in [0.29, 0.717) is 5.92 Å². The number of hydrogen-bond donors (Lipinski definition) is 1. The lowest BCUT2D eigenvalue weighted by molar-refractivity contribution is 0.505. The monoisotopic (exact) mass is 328 g/mol. The molecule has 0 spiro atoms. The first-order chi connectivity index (χ1) is 11.5. The molecule has 1 unspecified atom stereocenters. The van der Waals surface area contributed by atoms with Gasteiger partial charge in [0.1, 0.15) is 5.82 Å². The highest BCUT2D eigenvalue weighted by molar-refractivity contribution is 5.42. The van der Waals surface area contributed by atoms with Gasteiger partial charge in [0, 0.05) is 0 Å². The topological polar surface area (TPSA) is 15.3 Å². The van der Waals surface area contributed by atoms with Crippen molar-refractivity contribution in [3.63, 3.8) is 0 Å². The maximum atomic E-state index is 13.5. The summed E-state index contributed by atoms with van der Waals surface area (Å²) in [5.74, 6) is 0.351. The molecule has 1 aliphatic rings. The van der Waals surface area contributed by atoms with Crippen molar-refractivity contribution in [1.29, 1.82) is 0 Å². The highest BCUT2D eigenvalue weighted by atomic mass is 19.1. The van der Waals surface area contributed by atoms with Crippen molar-refractivity contribution >= 4 is 0 Å². The Morgan fingerprint density at radius 2 is 1.75 bits per heavy atom. The van der Waals surface area contributed by atoms with Crippen LogP contribution in [0, 0.1) is 5.82 Å². The van der Waals surface area contributed by atoms with Crippen molar-refractivity contribution in [3.8, 4) is 0 Å². The van der Waals surface area contributed by atoms with Gasteiger partial charge in [-0.3, -0.25) is 0 Å². The number of nitrogens with zero attached hydrogens (tertiary/aromatic N) is 1. The van der Waals surface area contributed by atoms with Gasteiger partial charge in [-0.05, 0) is 94.3 Å². The number of benzene rings is 2. The summed E-state index contributed by atoms with van der Waals surface area (Å²) in [6, 6.07) is 13.9. The lowest BCUT2D eigenvalue weighted by Crippen LogP contribution is -2.14. The molecule has 0 heterocycles. The minimum Gasteiger partial charge on any atom is -0.320 e. The van der Waals surface area contributed by atoms with E-state index in [1.807, 2.05) is 39.2 Å². The van der Waals surface area contributed by atoms with E-state index in [2.05, 4.69) is 29.6 Å². The van der Waals surface area contributed by atoms with Gasteiger partial charge >= 0.3 is 0 Å². The Morgan fingerprint density at radius 1 is 1.04 bits per heavy atom. The van der Waals surface area contributed by atoms with Crippen LogP contribution in [-0.4, -0.2) is 39.6 Å². The molecule has 0 fully saturated rings. The summed E-state index contributed by atoms with van der Waals surface area (Å²) >= 11 is 0. The minimum atomic E-state index is -0.123. The molecule has 0 bridgehead atoms. The van der Waals surface area contributed by atoms with Gasteiger partial charge in [-0.1, -0.05) is 30.3 Å². The maximum Gasteiger partial charge on any atom is 0.123 e. The van der Waals surface area contributed by atoms with Gasteiger partial charge < -0.3 is 10.2 Å². The molecule has 0 saturated carbocycles. The Balaban J connectivity index is 0.000000471. The van der Waals surface area contributed by atoms with Crippen LogP contribution in [-0.2, 0) is 12.8 Å². The normalized spacial score (nSPS) is 15.8. The Hall–Kier alpha value is -1.71. The third-order valence-electron chi connectivity index (χ3n) is 4.25. The third-order valence-corrected chi connectivity index (χ3v) is 4.25. The molecule has 0 amide bonds. The van der Waals surface area contributed by atoms with Gasteiger partial charge in [-0.25, -0.2) is 4.39 Å². The predicted octanol–water partition coefficient (Wildman–Crippen LogP) is 3.84. The molecular weight excluding hydrogens is 299 g/mol. The molecule has 1 aliphatic carbocycles. The Bertz CT molecular complexity index is 649. The first-order valence-corrected chi connectivity index (χ1v) is 8.62. The van der Waals surface area contributed by atoms with E-state index in [4.69, 9.17) is 0 Å². The zero-order chi connectivity index (χ0) is 17.5. The molecule has 0 saturated heterocycles. The predicted molar refractivity (Wildman–Crippen MR) is 100 cm³/mol. The fraction of sp³-hybridized carbons (Fsp3) is 0.429. The van der Waals surface area contributed by atoms with Crippen LogP contribution in [0.3, 0.4) is 0 Å². The highest BCUT2D eigenvalue weighted by Gasteiger charge is 2.21. The van der Waals surface area contributed by atoms with Gasteiger partial charge in [-0.15, -0.1) is 0 Å². The fourth-order valence-electron chi connectivity index (χ4n) is 3.21. The molecule has 3 rings (SSSR count). The highest BCUT2D eigenvalue weighted by Crippen LogP contribution is 2.33. The second-order valence-electron chi connectivity index (χ2n) is 6.92. The lowest BCUT2D eigenvalue weighted by Gasteiger charge is -2.17. The smallest absolute Gasteiger partial charge is 0.123 e. The van der Waals surface area contributed by atoms with Crippen molar-refractivity contribution < 1.29 is 4.39 Å². The van der Waals surface area contributed by atoms with E-state index in [1.165, 1.54) is 22.3 Å². The molecule has 1 N–H and O–H groups in total. The molecule has 0 aliphatic heterocycles. The molecule has 2 aromatic rings. The van der Waals surface area contributed by atoms with Crippen LogP contribution >= 0.6 is 0 Å². The van der Waals surface area contributed by atoms with Crippen LogP contribution in [0.4, 0.5) is 4.39 Å². The fourth-order valence-corrected chi connectivity index (χ4v) is 3.21. The summed E-state index contributed by atoms with van der Waals surface area (Å²) in [5, 5.41) is 3.23. The van der Waals surface area contributed by atoms with Gasteiger partial charge in [0.25, 0.3) is 0 Å². The number of nitrogens with one attached hydrogen (secondary N) is 1. The van der Waals surface area contributed by atoms with E-state index in [9.17, 15) is 4.39 Å². The zero-order valence-electron chi connectivity index (χ0n) is 15.3. The van der Waals surface area contributed by atoms with Crippen molar-refractivity contribution in [3.05, 3.63) is 70.5 Å². The Morgan fingerprint density at radius 3 is 2.46 bits per heavy atom. The zero-order valence-corrected chi connectivity index (χ0v) is 15.3. The van der Waals surface area contributed by atoms with Gasteiger partial charge in [0.2, 0.25) is 0 Å². The number of halogens is 1. The Kier molecular flexibility index (Phi) is 6.95. The number of rotatable bonds is 3. The second-order valence-corrected chi connectivity index (χ2v) is 6.92. The van der Waals surface area contributed by atoms with E-state index < -0.39 is 0 Å². The molecule has 2 nitrogen and oxygen atoms in total. The van der Waals surface area contributed by atoms with Crippen LogP contribution in [0.25, 0.3) is 0 Å². The van der Waals surface area contributed by atoms with Crippen LogP contribution in [0.1, 0.15) is 34.6 Å². The van der Waals surface area contributed by atoms with Crippen molar-refractivity contribution in [2.75, 3.05) is 34.7 Å². The molecule has 1 atom stereocenters. The molecule has 0 aromatic heterocycles. The largest absolute Gasteiger partial charge is 0.320 e. The SMILES string of the molecule is CN(C)C.CNCCC1Cc2cc(F)ccc2Cc2ccccc21. The van der Waals surface area contributed by atoms with E-state index in [1.54, 1.807) is 12.1 Å². The summed E-state index contributed by atoms with van der Waals surface area (Å²) in [6.07, 6.45) is 2.94. The second kappa shape index (κ2) is 8.95. The molecule has 2 aromatic carbocycles. The summed E-state index contributed by atoms with van der Waals surface area (Å²) < 4.78 is 13.5. The van der Waals surface area contributed by atoms with Crippen molar-refractivity contribution in [2.45, 2.75) is 25.2 Å². The molecular formula is C21H29FN2. The first-order valence-electron chi connectivity index (χ1n) is 8.62. The summed E-state index contributed by atoms with van der Waals surface area (Å²) in [6.45, 7) is 0.990. The number of hydrogen-bond acceptors (Lipinski definition) is 2. The van der Waals surface area contributed by atoms with Crippen LogP contribution in [0.5, 0.6) is 0 Å². The Labute approximate surface area is 145 Å². The lowest BCUT2D eigenvalue weighted by atomic mass is 9.89. The van der Waals surface area contributed by atoms with Crippen molar-refractivity contribution in [1.82, 2.24) is 10.2 Å². The summed E-state index contributed by atoms with van der Waals surface area (Å²) in [4.78, 5) is 2.00. The van der Waals surface area contributed by atoms with Gasteiger partial charge in [0.05, 0.1) is 0 Å². The number of fused-ring (bicyclic) bond motifs is 2. The van der Waals surface area contributed by atoms with Crippen LogP contribution in [0.2, 0.25) is 0 Å². The minimum absolute atomic E-state index is 0.123. The molecule has 24 heavy (non-hydrogen) atoms. The average Bonchev–Trinajstić information content (AvgIpc) is 2.68. The maximum absolute atomic E-state index is 13.5. The van der Waals surface area contributed by atoms with E-state index in [0.717, 1.165) is 25.8 Å². The molecule has 3 heteroatoms. The summed E-state index contributed by atoms with van der Waals surface area (Å²) in [5.41, 5.74) is 5.26. The standard InChI is InChI=1S/C18H20FN.C3H9N/c1-20-9-8-15-11-16-12-17(19)7-6-13(16)10-14-4-2-3-5-18(14)15;1-4(2)3/h2-7,12,15,20H,8-11H2,1H3;1-3H3. The first kappa shape index (κ1) is 18.6. The molecule has 0 radical (unpaired) electrons. The van der Waals surface area contributed by atoms with E-state index >= 15 is 0 Å². The quantitative estimate of drug-likeness (QED) is 0.921. The van der Waals surface area contributed by atoms with Crippen molar-refractivity contribution in [2.24, 2.45) is 0 Å². The third kappa shape index (κ3) is 5.15. The average molecular weight is 328 g/mol. The van der Waals surface area contributed by atoms with Crippen LogP contribution < -0.4 is 5.32 Å².